The molecule has 11 nitrogen and oxygen atoms in total. The summed E-state index contributed by atoms with van der Waals surface area (Å²) in [5, 5.41) is 7.21. The summed E-state index contributed by atoms with van der Waals surface area (Å²) in [6.45, 7) is 8.82. The van der Waals surface area contributed by atoms with Crippen LogP contribution < -0.4 is 15.4 Å². The minimum Gasteiger partial charge on any atom is -0.480 e. The highest BCUT2D eigenvalue weighted by Crippen LogP contribution is 2.40. The zero-order valence-electron chi connectivity index (χ0n) is 27.7. The van der Waals surface area contributed by atoms with Crippen LogP contribution in [0, 0.1) is 0 Å². The van der Waals surface area contributed by atoms with Crippen LogP contribution in [0.4, 0.5) is 0 Å². The van der Waals surface area contributed by atoms with E-state index in [1.54, 1.807) is 20.4 Å². The number of amides is 1. The van der Waals surface area contributed by atoms with Crippen molar-refractivity contribution in [2.75, 3.05) is 47.6 Å². The molecule has 5 rings (SSSR count). The molecule has 2 fully saturated rings. The van der Waals surface area contributed by atoms with Gasteiger partial charge >= 0.3 is 0 Å². The fourth-order valence-corrected chi connectivity index (χ4v) is 6.56. The summed E-state index contributed by atoms with van der Waals surface area (Å²) in [5.74, 6) is 0.841. The number of ether oxygens (including phenoxy) is 3. The van der Waals surface area contributed by atoms with E-state index in [1.165, 1.54) is 7.11 Å². The molecule has 2 aliphatic heterocycles. The number of carbonyl (C=O) groups is 1. The Morgan fingerprint density at radius 1 is 1.10 bits per heavy atom. The first-order chi connectivity index (χ1) is 23.3. The lowest BCUT2D eigenvalue weighted by Crippen LogP contribution is -2.49. The van der Waals surface area contributed by atoms with Crippen molar-refractivity contribution in [1.82, 2.24) is 25.5 Å². The second kappa shape index (κ2) is 16.5. The predicted octanol–water partition coefficient (Wildman–Crippen LogP) is 5.54. The first-order valence-corrected chi connectivity index (χ1v) is 16.5. The molecule has 3 heterocycles. The van der Waals surface area contributed by atoms with E-state index in [0.29, 0.717) is 88.7 Å². The van der Waals surface area contributed by atoms with Crippen molar-refractivity contribution < 1.29 is 19.0 Å². The Bertz CT molecular complexity index is 1710. The van der Waals surface area contributed by atoms with Crippen molar-refractivity contribution in [2.45, 2.75) is 44.8 Å². The van der Waals surface area contributed by atoms with E-state index in [9.17, 15) is 4.79 Å². The maximum Gasteiger partial charge on any atom is 0.237 e. The Balaban J connectivity index is 1.39. The average molecular weight is 695 g/mol. The molecule has 0 radical (unpaired) electrons. The summed E-state index contributed by atoms with van der Waals surface area (Å²) in [7, 11) is 4.85. The van der Waals surface area contributed by atoms with Gasteiger partial charge in [0.1, 0.15) is 11.4 Å². The van der Waals surface area contributed by atoms with Crippen LogP contribution >= 0.6 is 23.2 Å². The van der Waals surface area contributed by atoms with E-state index in [-0.39, 0.29) is 11.9 Å². The Morgan fingerprint density at radius 2 is 1.85 bits per heavy atom. The van der Waals surface area contributed by atoms with Crippen molar-refractivity contribution in [3.8, 4) is 28.3 Å². The van der Waals surface area contributed by atoms with E-state index in [0.717, 1.165) is 36.2 Å². The number of rotatable bonds is 15. The molecular weight excluding hydrogens is 653 g/mol. The molecule has 0 bridgehead atoms. The maximum absolute atomic E-state index is 11.5. The average Bonchev–Trinajstić information content (AvgIpc) is 3.51. The third-order valence-corrected chi connectivity index (χ3v) is 9.42. The van der Waals surface area contributed by atoms with Gasteiger partial charge in [-0.05, 0) is 26.5 Å². The molecule has 2 atom stereocenters. The second-order valence-electron chi connectivity index (χ2n) is 11.7. The largest absolute Gasteiger partial charge is 0.480 e. The van der Waals surface area contributed by atoms with Crippen LogP contribution in [0.2, 0.25) is 10.0 Å². The van der Waals surface area contributed by atoms with Gasteiger partial charge in [-0.3, -0.25) is 19.7 Å². The first-order valence-electron chi connectivity index (χ1n) is 15.8. The van der Waals surface area contributed by atoms with Crippen LogP contribution in [0.3, 0.4) is 0 Å². The normalized spacial score (nSPS) is 18.6. The fourth-order valence-electron chi connectivity index (χ4n) is 5.87. The molecule has 2 saturated heterocycles. The van der Waals surface area contributed by atoms with Gasteiger partial charge in [-0.1, -0.05) is 59.6 Å². The van der Waals surface area contributed by atoms with Crippen LogP contribution in [-0.4, -0.2) is 92.9 Å². The molecule has 0 unspecified atom stereocenters. The predicted molar refractivity (Wildman–Crippen MR) is 190 cm³/mol. The van der Waals surface area contributed by atoms with Gasteiger partial charge < -0.3 is 24.8 Å². The summed E-state index contributed by atoms with van der Waals surface area (Å²) >= 11 is 14.1. The van der Waals surface area contributed by atoms with Crippen molar-refractivity contribution in [3.63, 3.8) is 0 Å². The number of nitrogens with one attached hydrogen (secondary N) is 2. The van der Waals surface area contributed by atoms with Crippen LogP contribution in [0.15, 0.2) is 64.2 Å². The summed E-state index contributed by atoms with van der Waals surface area (Å²) < 4.78 is 16.6. The highest BCUT2D eigenvalue weighted by atomic mass is 35.5. The third-order valence-electron chi connectivity index (χ3n) is 8.60. The Morgan fingerprint density at radius 3 is 2.50 bits per heavy atom. The maximum atomic E-state index is 11.5. The lowest BCUT2D eigenvalue weighted by atomic mass is 9.98. The zero-order chi connectivity index (χ0) is 34.2. The lowest BCUT2D eigenvalue weighted by molar-refractivity contribution is -0.119. The van der Waals surface area contributed by atoms with Gasteiger partial charge in [0.05, 0.1) is 48.5 Å². The van der Waals surface area contributed by atoms with Gasteiger partial charge in [0, 0.05) is 74.0 Å². The third kappa shape index (κ3) is 8.04. The summed E-state index contributed by atoms with van der Waals surface area (Å²) in [5.41, 5.74) is 5.39. The number of benzene rings is 2. The first kappa shape index (κ1) is 35.4. The fraction of sp³-hybridized carbons (Fsp3) is 0.400. The number of carbonyl (C=O) groups excluding carboxylic acids is 1. The van der Waals surface area contributed by atoms with Gasteiger partial charge in [-0.15, -0.1) is 0 Å². The van der Waals surface area contributed by atoms with E-state index < -0.39 is 0 Å². The van der Waals surface area contributed by atoms with Crippen LogP contribution in [0.25, 0.3) is 22.4 Å². The van der Waals surface area contributed by atoms with Crippen molar-refractivity contribution in [2.24, 2.45) is 9.98 Å². The van der Waals surface area contributed by atoms with Gasteiger partial charge in [0.25, 0.3) is 0 Å². The number of likely N-dealkylation sites (tertiary alicyclic amines) is 1. The molecule has 0 spiro atoms. The van der Waals surface area contributed by atoms with Gasteiger partial charge in [-0.25, -0.2) is 9.98 Å². The van der Waals surface area contributed by atoms with E-state index in [2.05, 4.69) is 27.2 Å². The van der Waals surface area contributed by atoms with Crippen molar-refractivity contribution in [1.29, 1.82) is 0 Å². The van der Waals surface area contributed by atoms with Crippen molar-refractivity contribution in [3.05, 3.63) is 75.5 Å². The zero-order valence-corrected chi connectivity index (χ0v) is 29.2. The van der Waals surface area contributed by atoms with Gasteiger partial charge in [0.2, 0.25) is 17.7 Å². The number of nitrogens with zero attached hydrogens (tertiary/aromatic N) is 5. The molecule has 1 aromatic heterocycles. The summed E-state index contributed by atoms with van der Waals surface area (Å²) in [6.07, 6.45) is 4.16. The molecule has 0 saturated carbocycles. The number of aliphatic imine (C=N–C) groups is 2. The topological polar surface area (TPSA) is 123 Å². The monoisotopic (exact) mass is 693 g/mol. The van der Waals surface area contributed by atoms with E-state index in [4.69, 9.17) is 52.4 Å². The standard InChI is InChI=1S/C35H41Cl2N7O4/c1-21(41-34(47-4)29(38-2)17-39-16-22-12-13-31(45)42-22)24-8-6-9-25(32(24)36)26-10-7-11-27(33(26)37)28-18-40-30(35(43-28)48-5)19-44-15-14-23(44)20-46-3/h6-11,18,22-23,39H,2,12-17,19-20H2,1,3-5H3,(H,42,45)/b34-29+,41-21?/t22-,23-/m0/s1. The number of halogens is 2. The lowest BCUT2D eigenvalue weighted by Gasteiger charge is -2.40. The van der Waals surface area contributed by atoms with Crippen LogP contribution in [0.5, 0.6) is 5.88 Å². The SMILES string of the molecule is C=N/C(CNC[C@@H]1CCC(=O)N1)=C(\N=C(C)c1cccc(-c2cccc(-c3cnc(CN4CC[C@H]4COC)c(OC)n3)c2Cl)c1Cl)OC. The quantitative estimate of drug-likeness (QED) is 0.157. The van der Waals surface area contributed by atoms with Gasteiger partial charge in [-0.2, -0.15) is 0 Å². The molecule has 0 aliphatic carbocycles. The molecule has 13 heteroatoms. The van der Waals surface area contributed by atoms with Crippen molar-refractivity contribution >= 4 is 41.5 Å². The molecule has 2 aliphatic rings. The molecule has 48 heavy (non-hydrogen) atoms. The van der Waals surface area contributed by atoms with Crippen LogP contribution in [-0.2, 0) is 20.8 Å². The minimum absolute atomic E-state index is 0.0711. The number of hydrogen-bond acceptors (Lipinski definition) is 10. The summed E-state index contributed by atoms with van der Waals surface area (Å²) in [4.78, 5) is 32.2. The number of hydrogen-bond donors (Lipinski definition) is 2. The molecule has 2 aromatic carbocycles. The number of aromatic nitrogens is 2. The Hall–Kier alpha value is -3.87. The second-order valence-corrected chi connectivity index (χ2v) is 12.4. The highest BCUT2D eigenvalue weighted by Gasteiger charge is 2.29. The molecule has 254 valence electrons. The van der Waals surface area contributed by atoms with E-state index >= 15 is 0 Å². The minimum atomic E-state index is 0.0711. The highest BCUT2D eigenvalue weighted by molar-refractivity contribution is 6.39. The molecular formula is C35H41Cl2N7O4. The van der Waals surface area contributed by atoms with Crippen LogP contribution in [0.1, 0.15) is 37.4 Å². The molecule has 1 amide bonds. The Labute approximate surface area is 291 Å². The summed E-state index contributed by atoms with van der Waals surface area (Å²) in [6, 6.07) is 11.9. The Kier molecular flexibility index (Phi) is 12.2. The van der Waals surface area contributed by atoms with E-state index in [1.807, 2.05) is 43.3 Å². The number of methoxy groups -OCH3 is 3. The molecule has 2 N–H and O–H groups in total. The molecule has 3 aromatic rings. The smallest absolute Gasteiger partial charge is 0.237 e. The van der Waals surface area contributed by atoms with Gasteiger partial charge in [0.15, 0.2) is 0 Å².